The van der Waals surface area contributed by atoms with E-state index in [-0.39, 0.29) is 10.8 Å². The van der Waals surface area contributed by atoms with Crippen molar-refractivity contribution in [1.29, 1.82) is 0 Å². The predicted molar refractivity (Wildman–Crippen MR) is 117 cm³/mol. The molecular weight excluding hydrogens is 420 g/mol. The second kappa shape index (κ2) is 7.85. The largest absolute Gasteiger partial charge is 0.333 e. The number of benzene rings is 2. The van der Waals surface area contributed by atoms with Crippen molar-refractivity contribution in [3.05, 3.63) is 72.6 Å². The minimum atomic E-state index is -3.32. The van der Waals surface area contributed by atoms with Crippen LogP contribution in [0.1, 0.15) is 10.4 Å². The highest BCUT2D eigenvalue weighted by Crippen LogP contribution is 2.38. The van der Waals surface area contributed by atoms with Crippen LogP contribution in [0.15, 0.2) is 71.9 Å². The Balaban J connectivity index is 1.67. The van der Waals surface area contributed by atoms with E-state index in [4.69, 9.17) is 0 Å². The molecule has 2 aromatic carbocycles. The van der Waals surface area contributed by atoms with E-state index in [1.165, 1.54) is 35.6 Å². The number of hydrogen-bond acceptors (Lipinski definition) is 6. The van der Waals surface area contributed by atoms with Crippen LogP contribution in [0, 0.1) is 0 Å². The minimum absolute atomic E-state index is 0.164. The third-order valence-corrected chi connectivity index (χ3v) is 6.56. The number of nitrogens with zero attached hydrogens (tertiary/aromatic N) is 3. The molecule has 0 fully saturated rings. The molecule has 0 aliphatic heterocycles. The number of carbonyl (C=O) groups excluding carboxylic acids is 1. The molecule has 2 heterocycles. The highest BCUT2D eigenvalue weighted by atomic mass is 32.2. The maximum atomic E-state index is 12.7. The van der Waals surface area contributed by atoms with Crippen molar-refractivity contribution in [2.24, 2.45) is 7.05 Å². The highest BCUT2D eigenvalue weighted by Gasteiger charge is 2.19. The monoisotopic (exact) mass is 438 g/mol. The second-order valence-corrected chi connectivity index (χ2v) is 9.69. The van der Waals surface area contributed by atoms with Gasteiger partial charge in [-0.2, -0.15) is 0 Å². The van der Waals surface area contributed by atoms with Crippen LogP contribution in [0.2, 0.25) is 0 Å². The normalized spacial score (nSPS) is 11.4. The fraction of sp³-hybridized carbons (Fsp3) is 0.0952. The van der Waals surface area contributed by atoms with Gasteiger partial charge in [-0.05, 0) is 24.3 Å². The maximum absolute atomic E-state index is 12.7. The van der Waals surface area contributed by atoms with Gasteiger partial charge in [0.25, 0.3) is 5.91 Å². The van der Waals surface area contributed by atoms with Gasteiger partial charge in [0.05, 0.1) is 15.5 Å². The molecular formula is C21H18N4O3S2. The van der Waals surface area contributed by atoms with E-state index >= 15 is 0 Å². The number of imidazole rings is 1. The molecule has 0 radical (unpaired) electrons. The summed E-state index contributed by atoms with van der Waals surface area (Å²) in [5, 5.41) is 3.24. The third-order valence-electron chi connectivity index (χ3n) is 4.46. The Morgan fingerprint density at radius 2 is 1.77 bits per heavy atom. The van der Waals surface area contributed by atoms with Crippen molar-refractivity contribution in [3.8, 4) is 22.0 Å². The Kier molecular flexibility index (Phi) is 5.23. The van der Waals surface area contributed by atoms with E-state index in [1.807, 2.05) is 48.1 Å². The van der Waals surface area contributed by atoms with Gasteiger partial charge in [0.1, 0.15) is 0 Å². The Morgan fingerprint density at radius 1 is 1.07 bits per heavy atom. The molecule has 30 heavy (non-hydrogen) atoms. The standard InChI is InChI=1S/C21H18N4O3S2/c1-25-13-12-22-19(25)18-17(14-6-4-3-5-7-14)23-21(29-18)24-20(26)15-8-10-16(11-9-15)30(2,27)28/h3-13H,1-2H3,(H,23,24,26). The Hall–Kier alpha value is -3.30. The molecule has 0 aliphatic carbocycles. The molecule has 0 unspecified atom stereocenters. The lowest BCUT2D eigenvalue weighted by molar-refractivity contribution is 0.102. The molecule has 0 saturated carbocycles. The summed E-state index contributed by atoms with van der Waals surface area (Å²) in [6.45, 7) is 0. The molecule has 2 aromatic heterocycles. The number of amides is 1. The number of rotatable bonds is 5. The molecule has 0 saturated heterocycles. The maximum Gasteiger partial charge on any atom is 0.257 e. The number of thiazole rings is 1. The van der Waals surface area contributed by atoms with Crippen molar-refractivity contribution in [1.82, 2.24) is 14.5 Å². The predicted octanol–water partition coefficient (Wildman–Crippen LogP) is 3.87. The molecule has 0 aliphatic rings. The third kappa shape index (κ3) is 4.03. The molecule has 0 bridgehead atoms. The smallest absolute Gasteiger partial charge is 0.257 e. The number of aromatic nitrogens is 3. The van der Waals surface area contributed by atoms with E-state index in [9.17, 15) is 13.2 Å². The SMILES string of the molecule is Cn1ccnc1-c1sc(NC(=O)c2ccc(S(C)(=O)=O)cc2)nc1-c1ccccc1. The summed E-state index contributed by atoms with van der Waals surface area (Å²) < 4.78 is 25.1. The first-order valence-corrected chi connectivity index (χ1v) is 11.7. The lowest BCUT2D eigenvalue weighted by Crippen LogP contribution is -2.11. The average Bonchev–Trinajstić information content (AvgIpc) is 3.34. The van der Waals surface area contributed by atoms with Crippen LogP contribution in [-0.2, 0) is 16.9 Å². The van der Waals surface area contributed by atoms with Crippen LogP contribution in [0.25, 0.3) is 22.0 Å². The Bertz CT molecular complexity index is 1310. The Morgan fingerprint density at radius 3 is 2.37 bits per heavy atom. The average molecular weight is 439 g/mol. The van der Waals surface area contributed by atoms with Crippen LogP contribution in [0.4, 0.5) is 5.13 Å². The first kappa shape index (κ1) is 20.0. The number of anilines is 1. The van der Waals surface area contributed by atoms with Gasteiger partial charge in [0.2, 0.25) is 0 Å². The molecule has 4 rings (SSSR count). The molecule has 1 N–H and O–H groups in total. The van der Waals surface area contributed by atoms with Crippen molar-refractivity contribution < 1.29 is 13.2 Å². The van der Waals surface area contributed by atoms with Gasteiger partial charge < -0.3 is 4.57 Å². The highest BCUT2D eigenvalue weighted by molar-refractivity contribution is 7.90. The number of nitrogens with one attached hydrogen (secondary N) is 1. The summed E-state index contributed by atoms with van der Waals surface area (Å²) in [4.78, 5) is 22.7. The van der Waals surface area contributed by atoms with Gasteiger partial charge >= 0.3 is 0 Å². The van der Waals surface area contributed by atoms with Crippen LogP contribution in [-0.4, -0.2) is 35.1 Å². The quantitative estimate of drug-likeness (QED) is 0.511. The molecule has 4 aromatic rings. The number of sulfone groups is 1. The minimum Gasteiger partial charge on any atom is -0.333 e. The zero-order chi connectivity index (χ0) is 21.3. The van der Waals surface area contributed by atoms with Gasteiger partial charge in [-0.15, -0.1) is 0 Å². The number of carbonyl (C=O) groups is 1. The second-order valence-electron chi connectivity index (χ2n) is 6.68. The van der Waals surface area contributed by atoms with Crippen molar-refractivity contribution >= 4 is 32.2 Å². The molecule has 0 atom stereocenters. The fourth-order valence-corrected chi connectivity index (χ4v) is 4.58. The summed E-state index contributed by atoms with van der Waals surface area (Å²) in [6, 6.07) is 15.5. The van der Waals surface area contributed by atoms with Gasteiger partial charge in [0.15, 0.2) is 20.8 Å². The lowest BCUT2D eigenvalue weighted by atomic mass is 10.1. The molecule has 9 heteroatoms. The van der Waals surface area contributed by atoms with Crippen LogP contribution < -0.4 is 5.32 Å². The molecule has 0 spiro atoms. The van der Waals surface area contributed by atoms with Gasteiger partial charge in [-0.25, -0.2) is 18.4 Å². The van der Waals surface area contributed by atoms with E-state index in [0.717, 1.165) is 28.2 Å². The van der Waals surface area contributed by atoms with Gasteiger partial charge in [-0.3, -0.25) is 10.1 Å². The van der Waals surface area contributed by atoms with E-state index in [2.05, 4.69) is 15.3 Å². The summed E-state index contributed by atoms with van der Waals surface area (Å²) in [7, 11) is -1.42. The fourth-order valence-electron chi connectivity index (χ4n) is 2.92. The molecule has 1 amide bonds. The van der Waals surface area contributed by atoms with Crippen molar-refractivity contribution in [2.45, 2.75) is 4.90 Å². The zero-order valence-electron chi connectivity index (χ0n) is 16.2. The first-order valence-electron chi connectivity index (χ1n) is 8.98. The van der Waals surface area contributed by atoms with Crippen molar-refractivity contribution in [2.75, 3.05) is 11.6 Å². The topological polar surface area (TPSA) is 94.0 Å². The first-order chi connectivity index (χ1) is 14.3. The summed E-state index contributed by atoms with van der Waals surface area (Å²) in [5.74, 6) is 0.388. The van der Waals surface area contributed by atoms with Crippen LogP contribution in [0.5, 0.6) is 0 Å². The molecule has 7 nitrogen and oxygen atoms in total. The lowest BCUT2D eigenvalue weighted by Gasteiger charge is -2.03. The van der Waals surface area contributed by atoms with Crippen molar-refractivity contribution in [3.63, 3.8) is 0 Å². The Labute approximate surface area is 178 Å². The number of aryl methyl sites for hydroxylation is 1. The number of hydrogen-bond donors (Lipinski definition) is 1. The van der Waals surface area contributed by atoms with E-state index < -0.39 is 9.84 Å². The summed E-state index contributed by atoms with van der Waals surface area (Å²) in [5.41, 5.74) is 2.00. The zero-order valence-corrected chi connectivity index (χ0v) is 17.9. The van der Waals surface area contributed by atoms with E-state index in [0.29, 0.717) is 10.7 Å². The summed E-state index contributed by atoms with van der Waals surface area (Å²) in [6.07, 6.45) is 4.69. The van der Waals surface area contributed by atoms with Crippen LogP contribution in [0.3, 0.4) is 0 Å². The molecule has 152 valence electrons. The van der Waals surface area contributed by atoms with E-state index in [1.54, 1.807) is 6.20 Å². The summed E-state index contributed by atoms with van der Waals surface area (Å²) >= 11 is 1.33. The van der Waals surface area contributed by atoms with Gasteiger partial charge in [0, 0.05) is 36.8 Å². The van der Waals surface area contributed by atoms with Gasteiger partial charge in [-0.1, -0.05) is 41.7 Å². The van der Waals surface area contributed by atoms with Crippen LogP contribution >= 0.6 is 11.3 Å².